The monoisotopic (exact) mass is 459 g/mol. The first-order valence-corrected chi connectivity index (χ1v) is 11.3. The summed E-state index contributed by atoms with van der Waals surface area (Å²) in [6, 6.07) is 17.6. The van der Waals surface area contributed by atoms with Gasteiger partial charge in [-0.15, -0.1) is 0 Å². The molecule has 0 radical (unpaired) electrons. The summed E-state index contributed by atoms with van der Waals surface area (Å²) in [6.07, 6.45) is 1.80. The maximum atomic E-state index is 13.0. The maximum Gasteiger partial charge on any atom is 0.241 e. The van der Waals surface area contributed by atoms with E-state index in [0.29, 0.717) is 11.4 Å². The van der Waals surface area contributed by atoms with Gasteiger partial charge in [0.2, 0.25) is 15.9 Å². The molecule has 0 aliphatic carbocycles. The Morgan fingerprint density at radius 3 is 2.48 bits per heavy atom. The highest BCUT2D eigenvalue weighted by Gasteiger charge is 2.26. The van der Waals surface area contributed by atoms with E-state index in [1.54, 1.807) is 18.3 Å². The van der Waals surface area contributed by atoms with E-state index in [9.17, 15) is 13.2 Å². The van der Waals surface area contributed by atoms with Crippen molar-refractivity contribution in [2.45, 2.75) is 23.9 Å². The van der Waals surface area contributed by atoms with Gasteiger partial charge in [-0.2, -0.15) is 4.72 Å². The Morgan fingerprint density at radius 1 is 1.10 bits per heavy atom. The number of aromatic nitrogens is 1. The molecule has 0 aliphatic heterocycles. The number of carbonyl (C=O) groups excluding carboxylic acids is 1. The molecule has 0 spiro atoms. The molecular weight excluding hydrogens is 438 g/mol. The minimum absolute atomic E-state index is 0.0612. The number of ether oxygens (including phenoxy) is 1. The van der Waals surface area contributed by atoms with E-state index in [1.807, 2.05) is 36.4 Å². The number of nitrogens with zero attached hydrogens (tertiary/aromatic N) is 1. The van der Waals surface area contributed by atoms with Crippen LogP contribution in [-0.2, 0) is 27.8 Å². The van der Waals surface area contributed by atoms with Gasteiger partial charge in [-0.25, -0.2) is 8.42 Å². The lowest BCUT2D eigenvalue weighted by Gasteiger charge is -2.19. The van der Waals surface area contributed by atoms with Crippen LogP contribution in [0, 0.1) is 0 Å². The van der Waals surface area contributed by atoms with Gasteiger partial charge < -0.3 is 10.1 Å². The fourth-order valence-corrected chi connectivity index (χ4v) is 4.45. The molecule has 162 valence electrons. The second-order valence-electron chi connectivity index (χ2n) is 6.70. The van der Waals surface area contributed by atoms with Crippen molar-refractivity contribution in [3.05, 3.63) is 89.2 Å². The summed E-state index contributed by atoms with van der Waals surface area (Å²) in [5, 5.41) is 2.91. The average Bonchev–Trinajstić information content (AvgIpc) is 2.78. The fourth-order valence-electron chi connectivity index (χ4n) is 2.91. The largest absolute Gasteiger partial charge is 0.495 e. The molecule has 1 amide bonds. The predicted octanol–water partition coefficient (Wildman–Crippen LogP) is 2.95. The third-order valence-corrected chi connectivity index (χ3v) is 6.26. The Morgan fingerprint density at radius 2 is 1.84 bits per heavy atom. The van der Waals surface area contributed by atoms with E-state index in [2.05, 4.69) is 15.0 Å². The lowest BCUT2D eigenvalue weighted by Crippen LogP contribution is -2.47. The second kappa shape index (κ2) is 10.4. The van der Waals surface area contributed by atoms with Crippen molar-refractivity contribution in [3.63, 3.8) is 0 Å². The standard InChI is InChI=1S/C22H22ClN3O4S/c1-30-21-11-10-18(14-19(21)23)31(28,29)26-20(13-16-7-3-2-4-8-16)22(27)25-15-17-9-5-6-12-24-17/h2-12,14,20,26H,13,15H2,1H3,(H,25,27)/t20-/m0/s1. The highest BCUT2D eigenvalue weighted by molar-refractivity contribution is 7.89. The number of hydrogen-bond donors (Lipinski definition) is 2. The van der Waals surface area contributed by atoms with Crippen LogP contribution in [0.15, 0.2) is 77.8 Å². The Kier molecular flexibility index (Phi) is 7.62. The van der Waals surface area contributed by atoms with Gasteiger partial charge in [0.15, 0.2) is 0 Å². The molecule has 1 aromatic heterocycles. The van der Waals surface area contributed by atoms with Gasteiger partial charge in [-0.05, 0) is 42.3 Å². The zero-order valence-corrected chi connectivity index (χ0v) is 18.4. The molecule has 3 aromatic rings. The van der Waals surface area contributed by atoms with Crippen LogP contribution in [0.5, 0.6) is 5.75 Å². The summed E-state index contributed by atoms with van der Waals surface area (Å²) < 4.78 is 33.5. The molecule has 1 heterocycles. The van der Waals surface area contributed by atoms with Crippen LogP contribution in [0.2, 0.25) is 5.02 Å². The van der Waals surface area contributed by atoms with E-state index in [1.165, 1.54) is 25.3 Å². The zero-order chi connectivity index (χ0) is 22.3. The highest BCUT2D eigenvalue weighted by Crippen LogP contribution is 2.27. The number of hydrogen-bond acceptors (Lipinski definition) is 5. The molecule has 7 nitrogen and oxygen atoms in total. The van der Waals surface area contributed by atoms with Gasteiger partial charge in [-0.3, -0.25) is 9.78 Å². The fraction of sp³-hybridized carbons (Fsp3) is 0.182. The third kappa shape index (κ3) is 6.27. The third-order valence-electron chi connectivity index (χ3n) is 4.50. The molecule has 0 unspecified atom stereocenters. The Bertz CT molecular complexity index is 1130. The molecule has 31 heavy (non-hydrogen) atoms. The number of amides is 1. The van der Waals surface area contributed by atoms with Gasteiger partial charge in [0.25, 0.3) is 0 Å². The summed E-state index contributed by atoms with van der Waals surface area (Å²) in [7, 11) is -2.58. The van der Waals surface area contributed by atoms with Crippen LogP contribution < -0.4 is 14.8 Å². The first kappa shape index (κ1) is 22.7. The van der Waals surface area contributed by atoms with Crippen molar-refractivity contribution >= 4 is 27.5 Å². The molecule has 1 atom stereocenters. The molecule has 9 heteroatoms. The summed E-state index contributed by atoms with van der Waals surface area (Å²) >= 11 is 6.08. The summed E-state index contributed by atoms with van der Waals surface area (Å²) in [6.45, 7) is 0.182. The smallest absolute Gasteiger partial charge is 0.241 e. The van der Waals surface area contributed by atoms with Crippen LogP contribution in [0.4, 0.5) is 0 Å². The summed E-state index contributed by atoms with van der Waals surface area (Å²) in [5.74, 6) is -0.104. The van der Waals surface area contributed by atoms with Gasteiger partial charge in [0.05, 0.1) is 29.3 Å². The highest BCUT2D eigenvalue weighted by atomic mass is 35.5. The van der Waals surface area contributed by atoms with Gasteiger partial charge in [0.1, 0.15) is 11.8 Å². The molecule has 0 aliphatic rings. The molecular formula is C22H22ClN3O4S. The van der Waals surface area contributed by atoms with E-state index in [-0.39, 0.29) is 22.9 Å². The minimum Gasteiger partial charge on any atom is -0.495 e. The Balaban J connectivity index is 1.81. The van der Waals surface area contributed by atoms with Crippen molar-refractivity contribution in [3.8, 4) is 5.75 Å². The van der Waals surface area contributed by atoms with E-state index < -0.39 is 22.0 Å². The van der Waals surface area contributed by atoms with Crippen LogP contribution in [0.25, 0.3) is 0 Å². The maximum absolute atomic E-state index is 13.0. The van der Waals surface area contributed by atoms with Crippen molar-refractivity contribution in [1.29, 1.82) is 0 Å². The average molecular weight is 460 g/mol. The van der Waals surface area contributed by atoms with Crippen LogP contribution in [-0.4, -0.2) is 32.5 Å². The van der Waals surface area contributed by atoms with Crippen molar-refractivity contribution in [2.24, 2.45) is 0 Å². The number of halogens is 1. The molecule has 0 bridgehead atoms. The normalized spacial score (nSPS) is 12.2. The molecule has 2 N–H and O–H groups in total. The van der Waals surface area contributed by atoms with Gasteiger partial charge in [-0.1, -0.05) is 48.0 Å². The Hall–Kier alpha value is -2.94. The molecule has 0 fully saturated rings. The number of carbonyl (C=O) groups is 1. The minimum atomic E-state index is -4.02. The summed E-state index contributed by atoms with van der Waals surface area (Å²) in [5.41, 5.74) is 1.48. The second-order valence-corrected chi connectivity index (χ2v) is 8.82. The topological polar surface area (TPSA) is 97.4 Å². The lowest BCUT2D eigenvalue weighted by atomic mass is 10.1. The van der Waals surface area contributed by atoms with Gasteiger partial charge >= 0.3 is 0 Å². The van der Waals surface area contributed by atoms with Crippen molar-refractivity contribution in [2.75, 3.05) is 7.11 Å². The Labute approximate surface area is 186 Å². The number of nitrogens with one attached hydrogen (secondary N) is 2. The number of benzene rings is 2. The molecule has 0 saturated heterocycles. The lowest BCUT2D eigenvalue weighted by molar-refractivity contribution is -0.122. The first-order valence-electron chi connectivity index (χ1n) is 9.46. The van der Waals surface area contributed by atoms with E-state index in [4.69, 9.17) is 16.3 Å². The van der Waals surface area contributed by atoms with Gasteiger partial charge in [0, 0.05) is 6.20 Å². The first-order chi connectivity index (χ1) is 14.9. The van der Waals surface area contributed by atoms with Crippen LogP contribution >= 0.6 is 11.6 Å². The van der Waals surface area contributed by atoms with Crippen molar-refractivity contribution < 1.29 is 17.9 Å². The molecule has 2 aromatic carbocycles. The number of rotatable bonds is 9. The number of pyridine rings is 1. The number of sulfonamides is 1. The quantitative estimate of drug-likeness (QED) is 0.512. The summed E-state index contributed by atoms with van der Waals surface area (Å²) in [4.78, 5) is 17.0. The molecule has 3 rings (SSSR count). The van der Waals surface area contributed by atoms with Crippen LogP contribution in [0.3, 0.4) is 0 Å². The zero-order valence-electron chi connectivity index (χ0n) is 16.8. The predicted molar refractivity (Wildman–Crippen MR) is 118 cm³/mol. The molecule has 0 saturated carbocycles. The van der Waals surface area contributed by atoms with E-state index in [0.717, 1.165) is 5.56 Å². The van der Waals surface area contributed by atoms with Crippen molar-refractivity contribution in [1.82, 2.24) is 15.0 Å². The van der Waals surface area contributed by atoms with E-state index >= 15 is 0 Å². The number of methoxy groups -OCH3 is 1. The SMILES string of the molecule is COc1ccc(S(=O)(=O)N[C@@H](Cc2ccccc2)C(=O)NCc2ccccn2)cc1Cl. The van der Waals surface area contributed by atoms with Crippen LogP contribution in [0.1, 0.15) is 11.3 Å².